The predicted octanol–water partition coefficient (Wildman–Crippen LogP) is 3.65. The summed E-state index contributed by atoms with van der Waals surface area (Å²) in [5.74, 6) is 0.707. The van der Waals surface area contributed by atoms with E-state index in [1.165, 1.54) is 21.8 Å². The first kappa shape index (κ1) is 22.6. The summed E-state index contributed by atoms with van der Waals surface area (Å²) >= 11 is 0. The third-order valence-corrected chi connectivity index (χ3v) is 5.37. The fourth-order valence-corrected chi connectivity index (χ4v) is 3.47. The maximum absolute atomic E-state index is 13.0. The highest BCUT2D eigenvalue weighted by molar-refractivity contribution is 5.90. The fraction of sp³-hybridized carbons (Fsp3) is 0.286. The zero-order valence-corrected chi connectivity index (χ0v) is 18.2. The minimum absolute atomic E-state index is 0.118. The molecule has 4 heterocycles. The van der Waals surface area contributed by atoms with Gasteiger partial charge in [-0.25, -0.2) is 0 Å². The minimum atomic E-state index is -0.557. The average Bonchev–Trinajstić information content (AvgIpc) is 3.59. The Balaban J connectivity index is 1.39. The Hall–Kier alpha value is -4.55. The van der Waals surface area contributed by atoms with Crippen LogP contribution in [0.5, 0.6) is 0 Å². The summed E-state index contributed by atoms with van der Waals surface area (Å²) in [5.41, 5.74) is -0.236. The van der Waals surface area contributed by atoms with Gasteiger partial charge in [0.25, 0.3) is 0 Å². The Labute approximate surface area is 191 Å². The van der Waals surface area contributed by atoms with Crippen LogP contribution in [-0.4, -0.2) is 35.2 Å². The van der Waals surface area contributed by atoms with Crippen LogP contribution in [0.1, 0.15) is 48.7 Å². The van der Waals surface area contributed by atoms with Gasteiger partial charge in [-0.1, -0.05) is 0 Å². The van der Waals surface area contributed by atoms with Crippen LogP contribution in [0.3, 0.4) is 0 Å². The van der Waals surface area contributed by atoms with Crippen molar-refractivity contribution in [3.8, 4) is 0 Å². The molecule has 0 aliphatic rings. The molecule has 0 radical (unpaired) electrons. The van der Waals surface area contributed by atoms with Crippen molar-refractivity contribution in [3.63, 3.8) is 0 Å². The molecule has 0 saturated heterocycles. The largest absolute Gasteiger partial charge is 0.463 e. The summed E-state index contributed by atoms with van der Waals surface area (Å²) in [6, 6.07) is 6.79. The lowest BCUT2D eigenvalue weighted by atomic mass is 9.92. The number of furan rings is 2. The monoisotopic (exact) mass is 468 g/mol. The van der Waals surface area contributed by atoms with Crippen LogP contribution in [-0.2, 0) is 17.9 Å². The molecule has 0 aliphatic heterocycles. The zero-order valence-electron chi connectivity index (χ0n) is 18.2. The van der Waals surface area contributed by atoms with E-state index < -0.39 is 21.7 Å². The van der Waals surface area contributed by atoms with Gasteiger partial charge in [0.15, 0.2) is 5.78 Å². The van der Waals surface area contributed by atoms with Crippen LogP contribution in [0.4, 0.5) is 11.4 Å². The molecule has 4 rings (SSSR count). The Morgan fingerprint density at radius 2 is 1.26 bits per heavy atom. The molecule has 0 fully saturated rings. The van der Waals surface area contributed by atoms with E-state index in [2.05, 4.69) is 10.2 Å². The maximum Gasteiger partial charge on any atom is 0.307 e. The molecular weight excluding hydrogens is 448 g/mol. The third-order valence-electron chi connectivity index (χ3n) is 5.37. The van der Waals surface area contributed by atoms with E-state index in [0.29, 0.717) is 23.0 Å². The molecule has 0 amide bonds. The van der Waals surface area contributed by atoms with Crippen LogP contribution in [0.2, 0.25) is 0 Å². The van der Waals surface area contributed by atoms with Gasteiger partial charge in [0.05, 0.1) is 34.8 Å². The summed E-state index contributed by atoms with van der Waals surface area (Å²) in [6.45, 7) is 3.84. The van der Waals surface area contributed by atoms with Gasteiger partial charge in [0, 0.05) is 0 Å². The predicted molar refractivity (Wildman–Crippen MR) is 115 cm³/mol. The molecule has 2 atom stereocenters. The minimum Gasteiger partial charge on any atom is -0.463 e. The second-order valence-electron chi connectivity index (χ2n) is 7.76. The van der Waals surface area contributed by atoms with Crippen LogP contribution < -0.4 is 0 Å². The molecule has 13 nitrogen and oxygen atoms in total. The van der Waals surface area contributed by atoms with Crippen LogP contribution in [0.25, 0.3) is 0 Å². The normalized spacial score (nSPS) is 13.0. The number of ketones is 1. The highest BCUT2D eigenvalue weighted by Crippen LogP contribution is 2.29. The summed E-state index contributed by atoms with van der Waals surface area (Å²) in [7, 11) is 0. The van der Waals surface area contributed by atoms with Crippen LogP contribution in [0, 0.1) is 20.2 Å². The van der Waals surface area contributed by atoms with Crippen LogP contribution >= 0.6 is 0 Å². The van der Waals surface area contributed by atoms with E-state index in [1.807, 2.05) is 0 Å². The first-order valence-corrected chi connectivity index (χ1v) is 10.3. The Morgan fingerprint density at radius 3 is 1.62 bits per heavy atom. The molecule has 4 aromatic heterocycles. The van der Waals surface area contributed by atoms with Gasteiger partial charge in [0.1, 0.15) is 47.8 Å². The van der Waals surface area contributed by atoms with E-state index in [9.17, 15) is 25.0 Å². The summed E-state index contributed by atoms with van der Waals surface area (Å²) < 4.78 is 14.3. The fourth-order valence-electron chi connectivity index (χ4n) is 3.47. The maximum atomic E-state index is 13.0. The standard InChI is InChI=1S/C21H20N6O7/c1-13(19-5-3-17(33-19)11-24-9-15(7-22-24)26(29)30)21(28)14(2)20-6-4-18(34-20)12-25-10-16(8-23-25)27(31)32/h3-10,13-14H,11-12H2,1-2H3. The van der Waals surface area contributed by atoms with Gasteiger partial charge < -0.3 is 8.83 Å². The van der Waals surface area contributed by atoms with Crippen molar-refractivity contribution in [2.45, 2.75) is 38.8 Å². The number of carbonyl (C=O) groups excluding carboxylic acids is 1. The SMILES string of the molecule is CC(C(=O)C(C)c1ccc(Cn2cc([N+](=O)[O-])cn2)o1)c1ccc(Cn2cc([N+](=O)[O-])cn2)o1. The molecule has 0 spiro atoms. The van der Waals surface area contributed by atoms with Crippen molar-refractivity contribution in [2.24, 2.45) is 0 Å². The number of hydrogen-bond acceptors (Lipinski definition) is 9. The van der Waals surface area contributed by atoms with Gasteiger partial charge in [0.2, 0.25) is 0 Å². The van der Waals surface area contributed by atoms with Crippen molar-refractivity contribution in [2.75, 3.05) is 0 Å². The van der Waals surface area contributed by atoms with Gasteiger partial charge in [-0.15, -0.1) is 0 Å². The van der Waals surface area contributed by atoms with Crippen molar-refractivity contribution in [1.82, 2.24) is 19.6 Å². The van der Waals surface area contributed by atoms with E-state index in [-0.39, 0.29) is 30.2 Å². The molecule has 0 N–H and O–H groups in total. The lowest BCUT2D eigenvalue weighted by Crippen LogP contribution is -2.15. The van der Waals surface area contributed by atoms with E-state index in [0.717, 1.165) is 12.4 Å². The lowest BCUT2D eigenvalue weighted by molar-refractivity contribution is -0.385. The van der Waals surface area contributed by atoms with Crippen molar-refractivity contribution in [1.29, 1.82) is 0 Å². The number of nitro groups is 2. The highest BCUT2D eigenvalue weighted by Gasteiger charge is 2.27. The molecule has 0 aliphatic carbocycles. The Kier molecular flexibility index (Phi) is 6.08. The third kappa shape index (κ3) is 4.77. The van der Waals surface area contributed by atoms with Gasteiger partial charge in [-0.05, 0) is 38.1 Å². The number of rotatable bonds is 10. The first-order valence-electron chi connectivity index (χ1n) is 10.3. The molecular formula is C21H20N6O7. The quantitative estimate of drug-likeness (QED) is 0.249. The topological polar surface area (TPSA) is 165 Å². The van der Waals surface area contributed by atoms with Crippen molar-refractivity contribution >= 4 is 17.2 Å². The Bertz CT molecular complexity index is 1250. The summed E-state index contributed by atoms with van der Waals surface area (Å²) in [5, 5.41) is 29.4. The average molecular weight is 468 g/mol. The van der Waals surface area contributed by atoms with Gasteiger partial charge >= 0.3 is 11.4 Å². The molecule has 34 heavy (non-hydrogen) atoms. The number of nitrogens with zero attached hydrogens (tertiary/aromatic N) is 6. The van der Waals surface area contributed by atoms with Gasteiger partial charge in [-0.3, -0.25) is 34.4 Å². The highest BCUT2D eigenvalue weighted by atomic mass is 16.6. The summed E-state index contributed by atoms with van der Waals surface area (Å²) in [6.07, 6.45) is 4.91. The van der Waals surface area contributed by atoms with Crippen molar-refractivity contribution in [3.05, 3.63) is 92.3 Å². The number of Topliss-reactive ketones (excluding diaryl/α,β-unsaturated/α-hetero) is 1. The number of carbonyl (C=O) groups is 1. The molecule has 2 unspecified atom stereocenters. The van der Waals surface area contributed by atoms with E-state index >= 15 is 0 Å². The molecule has 4 aromatic rings. The Morgan fingerprint density at radius 1 is 0.853 bits per heavy atom. The second kappa shape index (κ2) is 9.13. The number of aromatic nitrogens is 4. The molecule has 176 valence electrons. The van der Waals surface area contributed by atoms with Gasteiger partial charge in [-0.2, -0.15) is 10.2 Å². The van der Waals surface area contributed by atoms with Crippen molar-refractivity contribution < 1.29 is 23.5 Å². The first-order chi connectivity index (χ1) is 16.2. The number of hydrogen-bond donors (Lipinski definition) is 0. The lowest BCUT2D eigenvalue weighted by Gasteiger charge is -2.13. The molecule has 13 heteroatoms. The van der Waals surface area contributed by atoms with Crippen LogP contribution in [0.15, 0.2) is 57.9 Å². The molecule has 0 aromatic carbocycles. The van der Waals surface area contributed by atoms with E-state index in [1.54, 1.807) is 38.1 Å². The smallest absolute Gasteiger partial charge is 0.307 e. The second-order valence-corrected chi connectivity index (χ2v) is 7.76. The van der Waals surface area contributed by atoms with E-state index in [4.69, 9.17) is 8.83 Å². The summed E-state index contributed by atoms with van der Waals surface area (Å²) in [4.78, 5) is 33.5. The molecule has 0 bridgehead atoms. The molecule has 0 saturated carbocycles. The zero-order chi connectivity index (χ0) is 24.4.